The summed E-state index contributed by atoms with van der Waals surface area (Å²) in [5.41, 5.74) is 1.52. The summed E-state index contributed by atoms with van der Waals surface area (Å²) in [6.45, 7) is 4.83. The third-order valence-electron chi connectivity index (χ3n) is 8.97. The van der Waals surface area contributed by atoms with E-state index < -0.39 is 0 Å². The summed E-state index contributed by atoms with van der Waals surface area (Å²) >= 11 is 0. The average Bonchev–Trinajstić information content (AvgIpc) is 3.10. The van der Waals surface area contributed by atoms with Gasteiger partial charge < -0.3 is 9.84 Å². The summed E-state index contributed by atoms with van der Waals surface area (Å²) in [7, 11) is 0. The molecule has 0 aromatic carbocycles. The summed E-state index contributed by atoms with van der Waals surface area (Å²) < 4.78 is 6.00. The van der Waals surface area contributed by atoms with E-state index in [2.05, 4.69) is 32.1 Å². The number of carbonyl (C=O) groups excluding carboxylic acids is 1. The van der Waals surface area contributed by atoms with Crippen molar-refractivity contribution in [1.29, 1.82) is 0 Å². The van der Waals surface area contributed by atoms with Gasteiger partial charge in [0.2, 0.25) is 0 Å². The first-order chi connectivity index (χ1) is 11.9. The lowest BCUT2D eigenvalue weighted by molar-refractivity contribution is -0.165. The number of rotatable bonds is 0. The predicted molar refractivity (Wildman–Crippen MR) is 95.7 cm³/mol. The molecule has 1 N–H and O–H groups in total. The highest BCUT2D eigenvalue weighted by atomic mass is 16.6. The predicted octanol–water partition coefficient (Wildman–Crippen LogP) is 4.16. The molecule has 0 bridgehead atoms. The van der Waals surface area contributed by atoms with Crippen molar-refractivity contribution in [2.45, 2.75) is 76.9 Å². The van der Waals surface area contributed by atoms with Gasteiger partial charge in [-0.25, -0.2) is 0 Å². The minimum Gasteiger partial charge on any atom is -0.458 e. The highest BCUT2D eigenvalue weighted by Crippen LogP contribution is 2.68. The topological polar surface area (TPSA) is 46.5 Å². The molecule has 0 amide bonds. The molecule has 1 aliphatic heterocycles. The van der Waals surface area contributed by atoms with Crippen LogP contribution in [0.1, 0.15) is 65.2 Å². The lowest BCUT2D eigenvalue weighted by Gasteiger charge is -2.57. The molecule has 2 saturated carbocycles. The molecular formula is C22H30O3. The molecule has 0 aromatic rings. The van der Waals surface area contributed by atoms with Gasteiger partial charge in [-0.15, -0.1) is 0 Å². The average molecular weight is 342 g/mol. The van der Waals surface area contributed by atoms with E-state index in [1.807, 2.05) is 0 Å². The minimum atomic E-state index is -0.272. The molecule has 5 aliphatic rings. The van der Waals surface area contributed by atoms with E-state index in [1.54, 1.807) is 0 Å². The van der Waals surface area contributed by atoms with Gasteiger partial charge >= 0.3 is 5.97 Å². The van der Waals surface area contributed by atoms with Crippen molar-refractivity contribution in [1.82, 2.24) is 0 Å². The van der Waals surface area contributed by atoms with E-state index in [0.29, 0.717) is 24.2 Å². The highest BCUT2D eigenvalue weighted by molar-refractivity contribution is 5.72. The number of esters is 1. The molecule has 136 valence electrons. The minimum absolute atomic E-state index is 0.0154. The molecule has 1 spiro atoms. The van der Waals surface area contributed by atoms with Crippen LogP contribution in [-0.2, 0) is 9.53 Å². The van der Waals surface area contributed by atoms with Gasteiger partial charge in [-0.1, -0.05) is 32.1 Å². The van der Waals surface area contributed by atoms with Crippen LogP contribution < -0.4 is 0 Å². The summed E-state index contributed by atoms with van der Waals surface area (Å²) in [5.74, 6) is 1.90. The van der Waals surface area contributed by atoms with Crippen LogP contribution in [0, 0.1) is 28.6 Å². The van der Waals surface area contributed by atoms with E-state index in [9.17, 15) is 9.90 Å². The molecule has 1 heterocycles. The van der Waals surface area contributed by atoms with Gasteiger partial charge in [0.25, 0.3) is 0 Å². The first-order valence-corrected chi connectivity index (χ1v) is 10.2. The van der Waals surface area contributed by atoms with Crippen LogP contribution in [0.4, 0.5) is 0 Å². The van der Waals surface area contributed by atoms with Crippen molar-refractivity contribution in [2.75, 3.05) is 0 Å². The van der Waals surface area contributed by atoms with Gasteiger partial charge in [0.15, 0.2) is 0 Å². The molecule has 0 radical (unpaired) electrons. The molecule has 4 aliphatic carbocycles. The van der Waals surface area contributed by atoms with Gasteiger partial charge in [-0.05, 0) is 73.7 Å². The third-order valence-corrected chi connectivity index (χ3v) is 8.97. The summed E-state index contributed by atoms with van der Waals surface area (Å²) in [6, 6.07) is 0. The van der Waals surface area contributed by atoms with Crippen molar-refractivity contribution in [3.63, 3.8) is 0 Å². The van der Waals surface area contributed by atoms with Crippen molar-refractivity contribution in [3.8, 4) is 0 Å². The van der Waals surface area contributed by atoms with E-state index in [1.165, 1.54) is 24.8 Å². The van der Waals surface area contributed by atoms with Crippen molar-refractivity contribution in [3.05, 3.63) is 23.8 Å². The van der Waals surface area contributed by atoms with Gasteiger partial charge in [0.1, 0.15) is 5.60 Å². The summed E-state index contributed by atoms with van der Waals surface area (Å²) in [5, 5.41) is 10.1. The Hall–Kier alpha value is -1.09. The van der Waals surface area contributed by atoms with Crippen molar-refractivity contribution >= 4 is 5.97 Å². The highest BCUT2D eigenvalue weighted by Gasteiger charge is 2.66. The Bertz CT molecular complexity index is 679. The zero-order valence-corrected chi connectivity index (χ0v) is 15.5. The van der Waals surface area contributed by atoms with E-state index in [4.69, 9.17) is 4.74 Å². The number of aliphatic hydroxyl groups excluding tert-OH is 1. The number of fused-ring (bicyclic) bond motifs is 6. The zero-order valence-electron chi connectivity index (χ0n) is 15.5. The fourth-order valence-corrected chi connectivity index (χ4v) is 7.44. The van der Waals surface area contributed by atoms with E-state index in [0.717, 1.165) is 25.7 Å². The largest absolute Gasteiger partial charge is 0.458 e. The molecule has 0 aromatic heterocycles. The van der Waals surface area contributed by atoms with Crippen LogP contribution in [0.2, 0.25) is 0 Å². The second-order valence-electron chi connectivity index (χ2n) is 9.76. The SMILES string of the molecule is C[C@]12CC[C@H](O)C=C1C=C[C@@H]1[C@H]3CC[C@@]4(CCC(=O)O4)[C@@]3(C)CC[C@@H]12. The number of aliphatic hydroxyl groups is 1. The Morgan fingerprint density at radius 3 is 2.64 bits per heavy atom. The van der Waals surface area contributed by atoms with Crippen LogP contribution in [0.5, 0.6) is 0 Å². The van der Waals surface area contributed by atoms with Crippen LogP contribution in [-0.4, -0.2) is 22.8 Å². The summed E-state index contributed by atoms with van der Waals surface area (Å²) in [4.78, 5) is 11.9. The van der Waals surface area contributed by atoms with Crippen LogP contribution in [0.25, 0.3) is 0 Å². The Morgan fingerprint density at radius 2 is 1.88 bits per heavy atom. The quantitative estimate of drug-likeness (QED) is 0.672. The third kappa shape index (κ3) is 1.94. The molecule has 0 unspecified atom stereocenters. The molecular weight excluding hydrogens is 312 g/mol. The Balaban J connectivity index is 1.52. The fourth-order valence-electron chi connectivity index (χ4n) is 7.44. The Labute approximate surface area is 150 Å². The van der Waals surface area contributed by atoms with Gasteiger partial charge in [0, 0.05) is 11.8 Å². The van der Waals surface area contributed by atoms with E-state index in [-0.39, 0.29) is 28.5 Å². The lowest BCUT2D eigenvalue weighted by Crippen LogP contribution is -2.53. The first-order valence-electron chi connectivity index (χ1n) is 10.2. The smallest absolute Gasteiger partial charge is 0.306 e. The van der Waals surface area contributed by atoms with Crippen molar-refractivity contribution in [2.24, 2.45) is 28.6 Å². The number of ether oxygens (including phenoxy) is 1. The van der Waals surface area contributed by atoms with Crippen molar-refractivity contribution < 1.29 is 14.6 Å². The normalized spacial score (nSPS) is 53.9. The Kier molecular flexibility index (Phi) is 3.22. The van der Waals surface area contributed by atoms with Gasteiger partial charge in [0.05, 0.1) is 6.10 Å². The molecule has 3 heteroatoms. The lowest BCUT2D eigenvalue weighted by atomic mass is 9.48. The van der Waals surface area contributed by atoms with E-state index >= 15 is 0 Å². The Morgan fingerprint density at radius 1 is 1.08 bits per heavy atom. The van der Waals surface area contributed by atoms with Gasteiger partial charge in [-0.2, -0.15) is 0 Å². The second kappa shape index (κ2) is 5.00. The van der Waals surface area contributed by atoms with Crippen LogP contribution in [0.3, 0.4) is 0 Å². The standard InChI is InChI=1S/C22H30O3/c1-20-9-5-15(23)13-14(20)3-4-16-17(20)6-10-21(2)18(16)7-11-22(21)12-8-19(24)25-22/h3-4,13,15-18,23H,5-12H2,1-2H3/t15-,16-,17-,18+,20-,21-,22+/m0/s1. The fraction of sp³-hybridized carbons (Fsp3) is 0.773. The van der Waals surface area contributed by atoms with Crippen LogP contribution in [0.15, 0.2) is 23.8 Å². The number of hydrogen-bond donors (Lipinski definition) is 1. The number of carbonyl (C=O) groups is 1. The molecule has 7 atom stereocenters. The maximum absolute atomic E-state index is 11.9. The monoisotopic (exact) mass is 342 g/mol. The maximum Gasteiger partial charge on any atom is 0.306 e. The molecule has 3 nitrogen and oxygen atoms in total. The molecule has 5 rings (SSSR count). The molecule has 25 heavy (non-hydrogen) atoms. The first kappa shape index (κ1) is 16.1. The van der Waals surface area contributed by atoms with Gasteiger partial charge in [-0.3, -0.25) is 4.79 Å². The zero-order chi connectivity index (χ0) is 17.4. The summed E-state index contributed by atoms with van der Waals surface area (Å²) in [6.07, 6.45) is 14.7. The number of hydrogen-bond acceptors (Lipinski definition) is 3. The number of allylic oxidation sites excluding steroid dienone is 3. The maximum atomic E-state index is 11.9. The molecule has 1 saturated heterocycles. The second-order valence-corrected chi connectivity index (χ2v) is 9.76. The van der Waals surface area contributed by atoms with Crippen LogP contribution >= 0.6 is 0 Å². The molecule has 3 fully saturated rings.